The number of imidazole rings is 1. The van der Waals surface area contributed by atoms with E-state index in [0.717, 1.165) is 21.5 Å². The Labute approximate surface area is 142 Å². The van der Waals surface area contributed by atoms with Crippen LogP contribution in [0.3, 0.4) is 0 Å². The molecule has 0 aliphatic rings. The molecule has 0 bridgehead atoms. The summed E-state index contributed by atoms with van der Waals surface area (Å²) in [5.41, 5.74) is 7.45. The maximum Gasteiger partial charge on any atom is 0.221 e. The SMILES string of the molecule is Cc1cn(N=Cc2ccccc2Oc2ccc(Br)cc2)c(N)n1. The van der Waals surface area contributed by atoms with Crippen molar-refractivity contribution in [3.63, 3.8) is 0 Å². The molecule has 0 aliphatic carbocycles. The maximum absolute atomic E-state index is 5.92. The van der Waals surface area contributed by atoms with E-state index in [4.69, 9.17) is 10.5 Å². The smallest absolute Gasteiger partial charge is 0.221 e. The first-order valence-corrected chi connectivity index (χ1v) is 7.79. The summed E-state index contributed by atoms with van der Waals surface area (Å²) >= 11 is 3.41. The number of ether oxygens (including phenoxy) is 1. The van der Waals surface area contributed by atoms with Gasteiger partial charge in [-0.15, -0.1) is 0 Å². The van der Waals surface area contributed by atoms with Gasteiger partial charge in [0.2, 0.25) is 5.95 Å². The van der Waals surface area contributed by atoms with Crippen LogP contribution in [0.4, 0.5) is 5.95 Å². The minimum absolute atomic E-state index is 0.352. The number of benzene rings is 2. The zero-order chi connectivity index (χ0) is 16.2. The number of halogens is 1. The topological polar surface area (TPSA) is 65.4 Å². The van der Waals surface area contributed by atoms with Gasteiger partial charge < -0.3 is 10.5 Å². The van der Waals surface area contributed by atoms with Crippen molar-refractivity contribution in [2.75, 3.05) is 5.73 Å². The summed E-state index contributed by atoms with van der Waals surface area (Å²) in [7, 11) is 0. The van der Waals surface area contributed by atoms with Crippen LogP contribution in [0.25, 0.3) is 0 Å². The molecule has 0 aliphatic heterocycles. The number of nitrogen functional groups attached to an aromatic ring is 1. The van der Waals surface area contributed by atoms with Crippen LogP contribution < -0.4 is 10.5 Å². The van der Waals surface area contributed by atoms with E-state index in [9.17, 15) is 0 Å². The van der Waals surface area contributed by atoms with Gasteiger partial charge in [-0.2, -0.15) is 5.10 Å². The van der Waals surface area contributed by atoms with Crippen LogP contribution in [0.2, 0.25) is 0 Å². The molecule has 23 heavy (non-hydrogen) atoms. The predicted octanol–water partition coefficient (Wildman–Crippen LogP) is 4.21. The molecule has 0 saturated heterocycles. The Morgan fingerprint density at radius 2 is 1.91 bits per heavy atom. The molecule has 1 aromatic heterocycles. The maximum atomic E-state index is 5.92. The van der Waals surface area contributed by atoms with E-state index in [1.807, 2.05) is 55.5 Å². The molecule has 3 aromatic rings. The molecule has 0 fully saturated rings. The van der Waals surface area contributed by atoms with E-state index in [0.29, 0.717) is 11.7 Å². The average Bonchev–Trinajstić information content (AvgIpc) is 2.86. The largest absolute Gasteiger partial charge is 0.457 e. The zero-order valence-corrected chi connectivity index (χ0v) is 14.1. The third-order valence-corrected chi connectivity index (χ3v) is 3.65. The highest BCUT2D eigenvalue weighted by molar-refractivity contribution is 9.10. The second-order valence-electron chi connectivity index (χ2n) is 4.92. The van der Waals surface area contributed by atoms with Crippen molar-refractivity contribution in [3.05, 3.63) is 70.5 Å². The second-order valence-corrected chi connectivity index (χ2v) is 5.84. The molecule has 6 heteroatoms. The van der Waals surface area contributed by atoms with Gasteiger partial charge in [0.25, 0.3) is 0 Å². The first kappa shape index (κ1) is 15.3. The molecule has 1 heterocycles. The number of aryl methyl sites for hydroxylation is 1. The van der Waals surface area contributed by atoms with Crippen LogP contribution in [0.1, 0.15) is 11.3 Å². The standard InChI is InChI=1S/C17H15BrN4O/c1-12-11-22(17(19)21-12)20-10-13-4-2-3-5-16(13)23-15-8-6-14(18)7-9-15/h2-11H,1H3,(H2,19,21). The molecule has 5 nitrogen and oxygen atoms in total. The minimum Gasteiger partial charge on any atom is -0.457 e. The first-order chi connectivity index (χ1) is 11.1. The van der Waals surface area contributed by atoms with E-state index >= 15 is 0 Å². The summed E-state index contributed by atoms with van der Waals surface area (Å²) in [6.45, 7) is 1.87. The van der Waals surface area contributed by atoms with Crippen molar-refractivity contribution in [2.24, 2.45) is 5.10 Å². The fraction of sp³-hybridized carbons (Fsp3) is 0.0588. The summed E-state index contributed by atoms with van der Waals surface area (Å²) in [5, 5.41) is 4.33. The van der Waals surface area contributed by atoms with Crippen LogP contribution in [0.15, 0.2) is 64.3 Å². The van der Waals surface area contributed by atoms with Crippen LogP contribution in [0, 0.1) is 6.92 Å². The van der Waals surface area contributed by atoms with Crippen molar-refractivity contribution in [2.45, 2.75) is 6.92 Å². The monoisotopic (exact) mass is 370 g/mol. The Kier molecular flexibility index (Phi) is 4.43. The highest BCUT2D eigenvalue weighted by Gasteiger charge is 2.04. The van der Waals surface area contributed by atoms with Crippen molar-refractivity contribution >= 4 is 28.1 Å². The number of nitrogens with zero attached hydrogens (tertiary/aromatic N) is 3. The third-order valence-electron chi connectivity index (χ3n) is 3.12. The highest BCUT2D eigenvalue weighted by Crippen LogP contribution is 2.25. The molecule has 0 atom stereocenters. The zero-order valence-electron chi connectivity index (χ0n) is 12.5. The summed E-state index contributed by atoms with van der Waals surface area (Å²) in [6, 6.07) is 15.3. The molecular weight excluding hydrogens is 356 g/mol. The van der Waals surface area contributed by atoms with Gasteiger partial charge in [0, 0.05) is 10.0 Å². The number of rotatable bonds is 4. The van der Waals surface area contributed by atoms with Crippen LogP contribution >= 0.6 is 15.9 Å². The van der Waals surface area contributed by atoms with Gasteiger partial charge in [0.1, 0.15) is 11.5 Å². The summed E-state index contributed by atoms with van der Waals surface area (Å²) in [4.78, 5) is 4.11. The third kappa shape index (κ3) is 3.78. The Morgan fingerprint density at radius 1 is 1.17 bits per heavy atom. The molecule has 0 radical (unpaired) electrons. The highest BCUT2D eigenvalue weighted by atomic mass is 79.9. The van der Waals surface area contributed by atoms with E-state index < -0.39 is 0 Å². The van der Waals surface area contributed by atoms with E-state index in [1.54, 1.807) is 12.4 Å². The van der Waals surface area contributed by atoms with Crippen molar-refractivity contribution in [1.82, 2.24) is 9.66 Å². The summed E-state index contributed by atoms with van der Waals surface area (Å²) < 4.78 is 8.46. The molecule has 0 unspecified atom stereocenters. The lowest BCUT2D eigenvalue weighted by Gasteiger charge is -2.08. The molecule has 0 saturated carbocycles. The summed E-state index contributed by atoms with van der Waals surface area (Å²) in [5.74, 6) is 1.83. The van der Waals surface area contributed by atoms with Gasteiger partial charge in [0.15, 0.2) is 0 Å². The Morgan fingerprint density at radius 3 is 2.61 bits per heavy atom. The molecule has 0 amide bonds. The van der Waals surface area contributed by atoms with Gasteiger partial charge in [-0.1, -0.05) is 28.1 Å². The quantitative estimate of drug-likeness (QED) is 0.699. The van der Waals surface area contributed by atoms with Gasteiger partial charge >= 0.3 is 0 Å². The van der Waals surface area contributed by atoms with Crippen molar-refractivity contribution in [1.29, 1.82) is 0 Å². The van der Waals surface area contributed by atoms with Crippen molar-refractivity contribution in [3.8, 4) is 11.5 Å². The van der Waals surface area contributed by atoms with E-state index in [1.165, 1.54) is 4.68 Å². The Balaban J connectivity index is 1.85. The number of anilines is 1. The van der Waals surface area contributed by atoms with Crippen LogP contribution in [0.5, 0.6) is 11.5 Å². The molecular formula is C17H15BrN4O. The number of hydrogen-bond acceptors (Lipinski definition) is 4. The molecule has 116 valence electrons. The number of nitrogens with two attached hydrogens (primary N) is 1. The second kappa shape index (κ2) is 6.66. The lowest BCUT2D eigenvalue weighted by molar-refractivity contribution is 0.482. The molecule has 0 spiro atoms. The predicted molar refractivity (Wildman–Crippen MR) is 95.0 cm³/mol. The number of para-hydroxylation sites is 1. The lowest BCUT2D eigenvalue weighted by atomic mass is 10.2. The Bertz CT molecular complexity index is 840. The van der Waals surface area contributed by atoms with Gasteiger partial charge in [-0.25, -0.2) is 9.66 Å². The molecule has 2 N–H and O–H groups in total. The van der Waals surface area contributed by atoms with Gasteiger partial charge in [-0.05, 0) is 43.3 Å². The Hall–Kier alpha value is -2.60. The average molecular weight is 371 g/mol. The van der Waals surface area contributed by atoms with Crippen molar-refractivity contribution < 1.29 is 4.74 Å². The van der Waals surface area contributed by atoms with Gasteiger partial charge in [-0.3, -0.25) is 0 Å². The number of hydrogen-bond donors (Lipinski definition) is 1. The van der Waals surface area contributed by atoms with Crippen LogP contribution in [-0.4, -0.2) is 15.9 Å². The number of aromatic nitrogens is 2. The van der Waals surface area contributed by atoms with Gasteiger partial charge in [0.05, 0.1) is 18.1 Å². The lowest BCUT2D eigenvalue weighted by Crippen LogP contribution is -1.97. The normalized spacial score (nSPS) is 11.0. The summed E-state index contributed by atoms with van der Waals surface area (Å²) in [6.07, 6.45) is 3.47. The fourth-order valence-electron chi connectivity index (χ4n) is 2.03. The molecule has 3 rings (SSSR count). The van der Waals surface area contributed by atoms with Crippen LogP contribution in [-0.2, 0) is 0 Å². The molecule has 2 aromatic carbocycles. The minimum atomic E-state index is 0.352. The van der Waals surface area contributed by atoms with E-state index in [2.05, 4.69) is 26.0 Å². The van der Waals surface area contributed by atoms with E-state index in [-0.39, 0.29) is 0 Å². The first-order valence-electron chi connectivity index (χ1n) is 7.00. The fourth-order valence-corrected chi connectivity index (χ4v) is 2.29.